The van der Waals surface area contributed by atoms with E-state index in [1.807, 2.05) is 27.8 Å². The Morgan fingerprint density at radius 2 is 2.00 bits per heavy atom. The van der Waals surface area contributed by atoms with E-state index in [9.17, 15) is 4.79 Å². The third-order valence-electron chi connectivity index (χ3n) is 5.14. The van der Waals surface area contributed by atoms with Gasteiger partial charge in [0.15, 0.2) is 0 Å². The van der Waals surface area contributed by atoms with Crippen LogP contribution < -0.4 is 5.32 Å². The van der Waals surface area contributed by atoms with Crippen LogP contribution in [-0.4, -0.2) is 58.8 Å². The van der Waals surface area contributed by atoms with Crippen LogP contribution in [0.4, 0.5) is 10.6 Å². The fraction of sp³-hybridized carbons (Fsp3) is 0.524. The third-order valence-corrected chi connectivity index (χ3v) is 5.14. The zero-order chi connectivity index (χ0) is 19.8. The number of likely N-dealkylation sites (tertiary alicyclic amines) is 1. The molecular weight excluding hydrogens is 338 g/mol. The first-order chi connectivity index (χ1) is 12.6. The van der Waals surface area contributed by atoms with Gasteiger partial charge in [0.05, 0.1) is 11.4 Å². The molecule has 0 aliphatic carbocycles. The van der Waals surface area contributed by atoms with Gasteiger partial charge in [-0.2, -0.15) is 5.10 Å². The van der Waals surface area contributed by atoms with E-state index < -0.39 is 0 Å². The topological polar surface area (TPSA) is 53.4 Å². The lowest BCUT2D eigenvalue weighted by Gasteiger charge is -2.21. The van der Waals surface area contributed by atoms with Crippen molar-refractivity contribution in [2.75, 3.05) is 32.5 Å². The summed E-state index contributed by atoms with van der Waals surface area (Å²) in [5, 5.41) is 7.88. The molecule has 1 N–H and O–H groups in total. The summed E-state index contributed by atoms with van der Waals surface area (Å²) in [5.41, 5.74) is 2.96. The number of anilines is 1. The highest BCUT2D eigenvalue weighted by Gasteiger charge is 2.29. The smallest absolute Gasteiger partial charge is 0.323 e. The molecule has 1 saturated heterocycles. The van der Waals surface area contributed by atoms with E-state index in [0.717, 1.165) is 36.5 Å². The minimum absolute atomic E-state index is 0.0615. The van der Waals surface area contributed by atoms with E-state index in [0.29, 0.717) is 11.9 Å². The summed E-state index contributed by atoms with van der Waals surface area (Å²) in [6.07, 6.45) is 1.00. The average Bonchev–Trinajstić information content (AvgIpc) is 3.21. The number of nitrogens with one attached hydrogen (secondary N) is 1. The van der Waals surface area contributed by atoms with Crippen molar-refractivity contribution in [1.29, 1.82) is 0 Å². The predicted octanol–water partition coefficient (Wildman–Crippen LogP) is 3.65. The van der Waals surface area contributed by atoms with Crippen molar-refractivity contribution in [1.82, 2.24) is 19.6 Å². The highest BCUT2D eigenvalue weighted by atomic mass is 16.2. The molecule has 0 bridgehead atoms. The molecule has 0 radical (unpaired) electrons. The fourth-order valence-electron chi connectivity index (χ4n) is 3.33. The molecule has 1 aliphatic rings. The standard InChI is InChI=1S/C21H31N5O/c1-15-8-7-9-16(12-15)26-19(13-18(23-26)21(2,3)4)22-20(27)25-11-10-17(14-25)24(5)6/h7-9,12-13,17H,10-11,14H2,1-6H3,(H,22,27). The maximum Gasteiger partial charge on any atom is 0.323 e. The van der Waals surface area contributed by atoms with Gasteiger partial charge in [0, 0.05) is 30.6 Å². The van der Waals surface area contributed by atoms with Gasteiger partial charge in [-0.3, -0.25) is 5.32 Å². The van der Waals surface area contributed by atoms with Gasteiger partial charge in [-0.1, -0.05) is 32.9 Å². The minimum atomic E-state index is -0.0990. The van der Waals surface area contributed by atoms with Gasteiger partial charge < -0.3 is 9.80 Å². The maximum absolute atomic E-state index is 12.8. The number of aromatic nitrogens is 2. The number of nitrogens with zero attached hydrogens (tertiary/aromatic N) is 4. The van der Waals surface area contributed by atoms with Gasteiger partial charge in [0.25, 0.3) is 0 Å². The Kier molecular flexibility index (Phi) is 5.29. The molecule has 0 spiro atoms. The largest absolute Gasteiger partial charge is 0.323 e. The number of benzene rings is 1. The molecule has 1 atom stereocenters. The molecule has 1 aromatic heterocycles. The minimum Gasteiger partial charge on any atom is -0.323 e. The van der Waals surface area contributed by atoms with Gasteiger partial charge in [0.2, 0.25) is 0 Å². The summed E-state index contributed by atoms with van der Waals surface area (Å²) < 4.78 is 1.84. The van der Waals surface area contributed by atoms with Gasteiger partial charge in [0.1, 0.15) is 5.82 Å². The van der Waals surface area contributed by atoms with E-state index in [1.54, 1.807) is 0 Å². The SMILES string of the molecule is Cc1cccc(-n2nc(C(C)(C)C)cc2NC(=O)N2CCC(N(C)C)C2)c1. The summed E-state index contributed by atoms with van der Waals surface area (Å²) in [7, 11) is 4.13. The molecular formula is C21H31N5O. The zero-order valence-corrected chi connectivity index (χ0v) is 17.3. The van der Waals surface area contributed by atoms with Crippen LogP contribution in [0.15, 0.2) is 30.3 Å². The highest BCUT2D eigenvalue weighted by Crippen LogP contribution is 2.27. The van der Waals surface area contributed by atoms with E-state index in [4.69, 9.17) is 5.10 Å². The molecule has 1 aromatic carbocycles. The van der Waals surface area contributed by atoms with Gasteiger partial charge in [-0.25, -0.2) is 9.48 Å². The number of hydrogen-bond donors (Lipinski definition) is 1. The lowest BCUT2D eigenvalue weighted by molar-refractivity contribution is 0.216. The first-order valence-corrected chi connectivity index (χ1v) is 9.55. The summed E-state index contributed by atoms with van der Waals surface area (Å²) in [5.74, 6) is 0.712. The number of carbonyl (C=O) groups is 1. The fourth-order valence-corrected chi connectivity index (χ4v) is 3.33. The summed E-state index contributed by atoms with van der Waals surface area (Å²) >= 11 is 0. The highest BCUT2D eigenvalue weighted by molar-refractivity contribution is 5.89. The Balaban J connectivity index is 1.88. The number of likely N-dealkylation sites (N-methyl/N-ethyl adjacent to an activating group) is 1. The van der Waals surface area contributed by atoms with Crippen LogP contribution in [0.1, 0.15) is 38.4 Å². The van der Waals surface area contributed by atoms with E-state index in [1.165, 1.54) is 0 Å². The molecule has 2 aromatic rings. The van der Waals surface area contributed by atoms with Crippen molar-refractivity contribution in [3.8, 4) is 5.69 Å². The van der Waals surface area contributed by atoms with Crippen LogP contribution in [0.3, 0.4) is 0 Å². The Morgan fingerprint density at radius 1 is 1.26 bits per heavy atom. The maximum atomic E-state index is 12.8. The first kappa shape index (κ1) is 19.4. The number of aryl methyl sites for hydroxylation is 1. The number of hydrogen-bond acceptors (Lipinski definition) is 3. The molecule has 1 aliphatic heterocycles. The molecule has 1 unspecified atom stereocenters. The van der Waals surface area contributed by atoms with Crippen molar-refractivity contribution in [2.45, 2.75) is 45.6 Å². The van der Waals surface area contributed by atoms with Crippen LogP contribution in [0.2, 0.25) is 0 Å². The summed E-state index contributed by atoms with van der Waals surface area (Å²) in [6.45, 7) is 9.97. The quantitative estimate of drug-likeness (QED) is 0.899. The third kappa shape index (κ3) is 4.33. The van der Waals surface area contributed by atoms with Crippen molar-refractivity contribution in [2.24, 2.45) is 0 Å². The average molecular weight is 370 g/mol. The lowest BCUT2D eigenvalue weighted by atomic mass is 9.92. The van der Waals surface area contributed by atoms with Crippen molar-refractivity contribution < 1.29 is 4.79 Å². The van der Waals surface area contributed by atoms with Crippen LogP contribution in [0.25, 0.3) is 5.69 Å². The molecule has 3 rings (SSSR count). The van der Waals surface area contributed by atoms with E-state index in [-0.39, 0.29) is 11.4 Å². The number of carbonyl (C=O) groups excluding carboxylic acids is 1. The van der Waals surface area contributed by atoms with Gasteiger partial charge in [-0.05, 0) is 45.1 Å². The second kappa shape index (κ2) is 7.35. The normalized spacial score (nSPS) is 17.6. The van der Waals surface area contributed by atoms with E-state index >= 15 is 0 Å². The molecule has 27 heavy (non-hydrogen) atoms. The lowest BCUT2D eigenvalue weighted by Crippen LogP contribution is -2.37. The molecule has 6 nitrogen and oxygen atoms in total. The van der Waals surface area contributed by atoms with E-state index in [2.05, 4.69) is 64.1 Å². The Labute approximate surface area is 162 Å². The summed E-state index contributed by atoms with van der Waals surface area (Å²) in [4.78, 5) is 16.9. The number of urea groups is 1. The van der Waals surface area contributed by atoms with Crippen LogP contribution in [0, 0.1) is 6.92 Å². The number of rotatable bonds is 3. The zero-order valence-electron chi connectivity index (χ0n) is 17.3. The van der Waals surface area contributed by atoms with Crippen molar-refractivity contribution in [3.05, 3.63) is 41.6 Å². The molecule has 1 fully saturated rings. The second-order valence-corrected chi connectivity index (χ2v) is 8.70. The van der Waals surface area contributed by atoms with Crippen LogP contribution >= 0.6 is 0 Å². The van der Waals surface area contributed by atoms with Gasteiger partial charge in [-0.15, -0.1) is 0 Å². The molecule has 6 heteroatoms. The van der Waals surface area contributed by atoms with Crippen molar-refractivity contribution >= 4 is 11.8 Å². The van der Waals surface area contributed by atoms with Gasteiger partial charge >= 0.3 is 6.03 Å². The van der Waals surface area contributed by atoms with Crippen LogP contribution in [-0.2, 0) is 5.41 Å². The Bertz CT molecular complexity index is 818. The number of amides is 2. The molecule has 2 heterocycles. The Morgan fingerprint density at radius 3 is 2.59 bits per heavy atom. The predicted molar refractivity (Wildman–Crippen MR) is 110 cm³/mol. The monoisotopic (exact) mass is 369 g/mol. The molecule has 0 saturated carbocycles. The molecule has 2 amide bonds. The van der Waals surface area contributed by atoms with Crippen molar-refractivity contribution in [3.63, 3.8) is 0 Å². The Hall–Kier alpha value is -2.34. The molecule has 146 valence electrons. The first-order valence-electron chi connectivity index (χ1n) is 9.55. The summed E-state index contributed by atoms with van der Waals surface area (Å²) in [6, 6.07) is 10.5. The second-order valence-electron chi connectivity index (χ2n) is 8.70. The van der Waals surface area contributed by atoms with Crippen LogP contribution in [0.5, 0.6) is 0 Å².